The van der Waals surface area contributed by atoms with Gasteiger partial charge in [0.15, 0.2) is 0 Å². The molecule has 0 radical (unpaired) electrons. The number of hydrogen-bond donors (Lipinski definition) is 1. The standard InChI is InChI=1S/C21H26BrN3O3S/c1-17(18-5-3-2-4-6-18)23-21(26)11-12-24-13-15-25(16-14-24)29(27,28)20-9-7-19(22)8-10-20/h2-10,17H,11-16H2,1H3,(H,23,26). The summed E-state index contributed by atoms with van der Waals surface area (Å²) in [7, 11) is -3.47. The Morgan fingerprint density at radius 1 is 1.03 bits per heavy atom. The molecule has 0 aromatic heterocycles. The van der Waals surface area contributed by atoms with E-state index in [9.17, 15) is 13.2 Å². The number of benzene rings is 2. The molecular weight excluding hydrogens is 454 g/mol. The van der Waals surface area contributed by atoms with Crippen LogP contribution in [0.2, 0.25) is 0 Å². The van der Waals surface area contributed by atoms with Crippen LogP contribution in [0.1, 0.15) is 24.9 Å². The van der Waals surface area contributed by atoms with Gasteiger partial charge in [-0.3, -0.25) is 4.79 Å². The van der Waals surface area contributed by atoms with Gasteiger partial charge in [0.25, 0.3) is 0 Å². The lowest BCUT2D eigenvalue weighted by atomic mass is 10.1. The summed E-state index contributed by atoms with van der Waals surface area (Å²) in [4.78, 5) is 14.7. The molecule has 2 aromatic rings. The maximum absolute atomic E-state index is 12.8. The molecule has 29 heavy (non-hydrogen) atoms. The summed E-state index contributed by atoms with van der Waals surface area (Å²) in [5.74, 6) is 0.00580. The minimum Gasteiger partial charge on any atom is -0.350 e. The van der Waals surface area contributed by atoms with Crippen molar-refractivity contribution in [3.63, 3.8) is 0 Å². The fourth-order valence-electron chi connectivity index (χ4n) is 3.35. The van der Waals surface area contributed by atoms with Crippen LogP contribution in [0.15, 0.2) is 64.0 Å². The number of rotatable bonds is 7. The smallest absolute Gasteiger partial charge is 0.243 e. The number of sulfonamides is 1. The number of carbonyl (C=O) groups is 1. The van der Waals surface area contributed by atoms with Crippen LogP contribution in [-0.4, -0.2) is 56.3 Å². The van der Waals surface area contributed by atoms with Crippen LogP contribution >= 0.6 is 15.9 Å². The molecule has 1 aliphatic rings. The van der Waals surface area contributed by atoms with Gasteiger partial charge in [0.1, 0.15) is 0 Å². The Labute approximate surface area is 181 Å². The van der Waals surface area contributed by atoms with Gasteiger partial charge in [0.05, 0.1) is 10.9 Å². The normalized spacial score (nSPS) is 17.0. The highest BCUT2D eigenvalue weighted by atomic mass is 79.9. The second-order valence-corrected chi connectivity index (χ2v) is 10.0. The Morgan fingerprint density at radius 2 is 1.66 bits per heavy atom. The molecule has 8 heteroatoms. The molecule has 3 rings (SSSR count). The highest BCUT2D eigenvalue weighted by molar-refractivity contribution is 9.10. The van der Waals surface area contributed by atoms with Crippen LogP contribution in [0.25, 0.3) is 0 Å². The van der Waals surface area contributed by atoms with Crippen molar-refractivity contribution in [2.45, 2.75) is 24.3 Å². The number of halogens is 1. The van der Waals surface area contributed by atoms with Crippen molar-refractivity contribution >= 4 is 31.9 Å². The Hall–Kier alpha value is -1.74. The molecule has 0 aliphatic carbocycles. The van der Waals surface area contributed by atoms with Crippen molar-refractivity contribution < 1.29 is 13.2 Å². The first-order valence-electron chi connectivity index (χ1n) is 9.68. The van der Waals surface area contributed by atoms with Gasteiger partial charge in [0.2, 0.25) is 15.9 Å². The van der Waals surface area contributed by atoms with E-state index >= 15 is 0 Å². The van der Waals surface area contributed by atoms with Crippen LogP contribution in [0.4, 0.5) is 0 Å². The summed E-state index contributed by atoms with van der Waals surface area (Å²) in [5.41, 5.74) is 1.08. The van der Waals surface area contributed by atoms with Gasteiger partial charge < -0.3 is 10.2 Å². The monoisotopic (exact) mass is 479 g/mol. The summed E-state index contributed by atoms with van der Waals surface area (Å²) in [6, 6.07) is 16.5. The molecule has 156 valence electrons. The number of amides is 1. The number of piperazine rings is 1. The van der Waals surface area contributed by atoms with E-state index in [4.69, 9.17) is 0 Å². The molecule has 1 saturated heterocycles. The maximum Gasteiger partial charge on any atom is 0.243 e. The fraction of sp³-hybridized carbons (Fsp3) is 0.381. The lowest BCUT2D eigenvalue weighted by Gasteiger charge is -2.33. The number of carbonyl (C=O) groups excluding carboxylic acids is 1. The molecule has 1 N–H and O–H groups in total. The Kier molecular flexibility index (Phi) is 7.45. The molecule has 1 atom stereocenters. The van der Waals surface area contributed by atoms with E-state index in [0.29, 0.717) is 44.0 Å². The average Bonchev–Trinajstić information content (AvgIpc) is 2.73. The molecule has 0 spiro atoms. The zero-order chi connectivity index (χ0) is 20.9. The van der Waals surface area contributed by atoms with Crippen molar-refractivity contribution in [1.29, 1.82) is 0 Å². The third kappa shape index (κ3) is 5.88. The second kappa shape index (κ2) is 9.84. The first-order chi connectivity index (χ1) is 13.9. The van der Waals surface area contributed by atoms with Gasteiger partial charge in [-0.2, -0.15) is 4.31 Å². The highest BCUT2D eigenvalue weighted by Gasteiger charge is 2.28. The predicted octanol–water partition coefficient (Wildman–Crippen LogP) is 3.02. The summed E-state index contributed by atoms with van der Waals surface area (Å²) in [6.45, 7) is 4.70. The van der Waals surface area contributed by atoms with E-state index in [1.807, 2.05) is 37.3 Å². The topological polar surface area (TPSA) is 69.7 Å². The lowest BCUT2D eigenvalue weighted by Crippen LogP contribution is -2.49. The fourth-order valence-corrected chi connectivity index (χ4v) is 5.03. The van der Waals surface area contributed by atoms with Gasteiger partial charge in [0, 0.05) is 43.6 Å². The molecule has 1 unspecified atom stereocenters. The third-order valence-corrected chi connectivity index (χ3v) is 7.56. The van der Waals surface area contributed by atoms with Crippen molar-refractivity contribution in [1.82, 2.24) is 14.5 Å². The molecular formula is C21H26BrN3O3S. The maximum atomic E-state index is 12.8. The Morgan fingerprint density at radius 3 is 2.28 bits per heavy atom. The first-order valence-corrected chi connectivity index (χ1v) is 11.9. The number of nitrogens with one attached hydrogen (secondary N) is 1. The van der Waals surface area contributed by atoms with E-state index in [1.54, 1.807) is 24.3 Å². The number of hydrogen-bond acceptors (Lipinski definition) is 4. The Bertz CT molecular complexity index is 912. The van der Waals surface area contributed by atoms with E-state index in [0.717, 1.165) is 10.0 Å². The van der Waals surface area contributed by atoms with Gasteiger partial charge in [-0.1, -0.05) is 46.3 Å². The van der Waals surface area contributed by atoms with E-state index in [2.05, 4.69) is 26.1 Å². The predicted molar refractivity (Wildman–Crippen MR) is 117 cm³/mol. The minimum atomic E-state index is -3.47. The van der Waals surface area contributed by atoms with Crippen LogP contribution in [0, 0.1) is 0 Å². The van der Waals surface area contributed by atoms with Crippen LogP contribution < -0.4 is 5.32 Å². The second-order valence-electron chi connectivity index (χ2n) is 7.15. The van der Waals surface area contributed by atoms with E-state index in [-0.39, 0.29) is 11.9 Å². The van der Waals surface area contributed by atoms with Crippen molar-refractivity contribution in [3.8, 4) is 0 Å². The van der Waals surface area contributed by atoms with E-state index < -0.39 is 10.0 Å². The average molecular weight is 480 g/mol. The van der Waals surface area contributed by atoms with Gasteiger partial charge in [-0.05, 0) is 36.8 Å². The molecule has 0 saturated carbocycles. The van der Waals surface area contributed by atoms with E-state index in [1.165, 1.54) is 4.31 Å². The van der Waals surface area contributed by atoms with Gasteiger partial charge in [-0.25, -0.2) is 8.42 Å². The number of nitrogens with zero attached hydrogens (tertiary/aromatic N) is 2. The molecule has 1 aliphatic heterocycles. The molecule has 1 heterocycles. The highest BCUT2D eigenvalue weighted by Crippen LogP contribution is 2.20. The summed E-state index contributed by atoms with van der Waals surface area (Å²) < 4.78 is 27.9. The van der Waals surface area contributed by atoms with Crippen molar-refractivity contribution in [2.75, 3.05) is 32.7 Å². The van der Waals surface area contributed by atoms with Crippen molar-refractivity contribution in [3.05, 3.63) is 64.6 Å². The zero-order valence-corrected chi connectivity index (χ0v) is 18.8. The minimum absolute atomic E-state index is 0.00580. The quantitative estimate of drug-likeness (QED) is 0.662. The van der Waals surface area contributed by atoms with Crippen molar-refractivity contribution in [2.24, 2.45) is 0 Å². The largest absolute Gasteiger partial charge is 0.350 e. The van der Waals surface area contributed by atoms with Gasteiger partial charge >= 0.3 is 0 Å². The zero-order valence-electron chi connectivity index (χ0n) is 16.4. The molecule has 6 nitrogen and oxygen atoms in total. The van der Waals surface area contributed by atoms with Gasteiger partial charge in [-0.15, -0.1) is 0 Å². The molecule has 1 amide bonds. The molecule has 0 bridgehead atoms. The van der Waals surface area contributed by atoms with Crippen LogP contribution in [-0.2, 0) is 14.8 Å². The van der Waals surface area contributed by atoms with Crippen LogP contribution in [0.5, 0.6) is 0 Å². The summed E-state index contributed by atoms with van der Waals surface area (Å²) in [5, 5.41) is 3.02. The van der Waals surface area contributed by atoms with Crippen LogP contribution in [0.3, 0.4) is 0 Å². The summed E-state index contributed by atoms with van der Waals surface area (Å²) >= 11 is 3.33. The summed E-state index contributed by atoms with van der Waals surface area (Å²) in [6.07, 6.45) is 0.399. The SMILES string of the molecule is CC(NC(=O)CCN1CCN(S(=O)(=O)c2ccc(Br)cc2)CC1)c1ccccc1. The Balaban J connectivity index is 1.45. The molecule has 1 fully saturated rings. The molecule has 2 aromatic carbocycles. The first kappa shape index (κ1) is 22.0. The lowest BCUT2D eigenvalue weighted by molar-refractivity contribution is -0.122. The third-order valence-electron chi connectivity index (χ3n) is 5.11.